The number of ether oxygens (including phenoxy) is 1. The summed E-state index contributed by atoms with van der Waals surface area (Å²) < 4.78 is 33.8. The predicted molar refractivity (Wildman–Crippen MR) is 111 cm³/mol. The molecule has 2 aromatic carbocycles. The van der Waals surface area contributed by atoms with Crippen molar-refractivity contribution in [2.45, 2.75) is 11.4 Å². The van der Waals surface area contributed by atoms with Crippen molar-refractivity contribution in [1.82, 2.24) is 9.62 Å². The number of sulfonamides is 1. The number of nitrogens with zero attached hydrogens (tertiary/aromatic N) is 2. The summed E-state index contributed by atoms with van der Waals surface area (Å²) in [5.41, 5.74) is 2.08. The van der Waals surface area contributed by atoms with E-state index in [4.69, 9.17) is 4.74 Å². The van der Waals surface area contributed by atoms with Crippen LogP contribution in [0.1, 0.15) is 5.56 Å². The van der Waals surface area contributed by atoms with Crippen LogP contribution in [0.15, 0.2) is 51.8 Å². The van der Waals surface area contributed by atoms with E-state index in [1.54, 1.807) is 12.1 Å². The third kappa shape index (κ3) is 5.01. The minimum atomic E-state index is -3.68. The van der Waals surface area contributed by atoms with Crippen LogP contribution in [0.3, 0.4) is 0 Å². The Hall–Kier alpha value is -1.61. The summed E-state index contributed by atoms with van der Waals surface area (Å²) in [5.74, 6) is 0.316. The highest BCUT2D eigenvalue weighted by atomic mass is 79.9. The number of hydrogen-bond acceptors (Lipinski definition) is 5. The van der Waals surface area contributed by atoms with Gasteiger partial charge in [-0.05, 0) is 42.9 Å². The van der Waals surface area contributed by atoms with Gasteiger partial charge in [-0.2, -0.15) is 0 Å². The molecule has 1 N–H and O–H groups in total. The standard InChI is InChI=1S/C19H24BrN3O3S/c1-22-9-11-23(12-10-22)17-6-3-15(4-7-17)14-21-27(24,25)19-13-16(20)5-8-18(19)26-2/h3-8,13,21H,9-12,14H2,1-2H3. The number of likely N-dealkylation sites (N-methyl/N-ethyl adjacent to an activating group) is 1. The molecule has 0 saturated carbocycles. The van der Waals surface area contributed by atoms with E-state index in [1.165, 1.54) is 18.9 Å². The Kier molecular flexibility index (Phi) is 6.41. The van der Waals surface area contributed by atoms with Gasteiger partial charge in [0.05, 0.1) is 7.11 Å². The van der Waals surface area contributed by atoms with Gasteiger partial charge >= 0.3 is 0 Å². The highest BCUT2D eigenvalue weighted by Crippen LogP contribution is 2.27. The molecule has 146 valence electrons. The Labute approximate surface area is 169 Å². The van der Waals surface area contributed by atoms with Crippen molar-refractivity contribution in [3.05, 3.63) is 52.5 Å². The molecule has 0 spiro atoms. The van der Waals surface area contributed by atoms with Gasteiger partial charge in [0.2, 0.25) is 10.0 Å². The van der Waals surface area contributed by atoms with Crippen molar-refractivity contribution < 1.29 is 13.2 Å². The highest BCUT2D eigenvalue weighted by molar-refractivity contribution is 9.10. The average Bonchev–Trinajstić information content (AvgIpc) is 2.67. The molecule has 2 aromatic rings. The van der Waals surface area contributed by atoms with Gasteiger partial charge in [0.15, 0.2) is 0 Å². The lowest BCUT2D eigenvalue weighted by Gasteiger charge is -2.34. The van der Waals surface area contributed by atoms with E-state index in [9.17, 15) is 8.42 Å². The largest absolute Gasteiger partial charge is 0.495 e. The number of methoxy groups -OCH3 is 1. The molecule has 0 amide bonds. The summed E-state index contributed by atoms with van der Waals surface area (Å²) in [4.78, 5) is 4.78. The maximum Gasteiger partial charge on any atom is 0.244 e. The van der Waals surface area contributed by atoms with E-state index in [0.29, 0.717) is 10.2 Å². The van der Waals surface area contributed by atoms with E-state index in [1.807, 2.05) is 12.1 Å². The molecule has 27 heavy (non-hydrogen) atoms. The third-order valence-electron chi connectivity index (χ3n) is 4.69. The van der Waals surface area contributed by atoms with Crippen LogP contribution in [-0.4, -0.2) is 53.7 Å². The summed E-state index contributed by atoms with van der Waals surface area (Å²) in [6, 6.07) is 12.9. The zero-order chi connectivity index (χ0) is 19.4. The van der Waals surface area contributed by atoms with E-state index in [-0.39, 0.29) is 11.4 Å². The molecule has 0 unspecified atom stereocenters. The predicted octanol–water partition coefficient (Wildman–Crippen LogP) is 2.69. The molecule has 0 aromatic heterocycles. The molecular weight excluding hydrogens is 430 g/mol. The summed E-state index contributed by atoms with van der Waals surface area (Å²) in [5, 5.41) is 0. The molecule has 0 radical (unpaired) electrons. The van der Waals surface area contributed by atoms with E-state index < -0.39 is 10.0 Å². The molecule has 0 atom stereocenters. The van der Waals surface area contributed by atoms with Crippen molar-refractivity contribution >= 4 is 31.6 Å². The van der Waals surface area contributed by atoms with Crippen molar-refractivity contribution in [3.8, 4) is 5.75 Å². The molecule has 3 rings (SSSR count). The van der Waals surface area contributed by atoms with Crippen LogP contribution in [-0.2, 0) is 16.6 Å². The van der Waals surface area contributed by atoms with Gasteiger partial charge in [-0.25, -0.2) is 13.1 Å². The first-order valence-corrected chi connectivity index (χ1v) is 11.0. The van der Waals surface area contributed by atoms with Crippen molar-refractivity contribution in [1.29, 1.82) is 0 Å². The van der Waals surface area contributed by atoms with Gasteiger partial charge < -0.3 is 14.5 Å². The van der Waals surface area contributed by atoms with Crippen molar-refractivity contribution in [2.75, 3.05) is 45.2 Å². The Morgan fingerprint density at radius 3 is 2.37 bits per heavy atom. The Bertz CT molecular complexity index is 880. The second kappa shape index (κ2) is 8.60. The smallest absolute Gasteiger partial charge is 0.244 e. The van der Waals surface area contributed by atoms with Gasteiger partial charge in [-0.15, -0.1) is 0 Å². The molecule has 6 nitrogen and oxygen atoms in total. The normalized spacial score (nSPS) is 15.7. The molecular formula is C19H24BrN3O3S. The lowest BCUT2D eigenvalue weighted by molar-refractivity contribution is 0.313. The lowest BCUT2D eigenvalue weighted by Crippen LogP contribution is -2.44. The van der Waals surface area contributed by atoms with E-state index in [0.717, 1.165) is 31.7 Å². The Morgan fingerprint density at radius 1 is 1.07 bits per heavy atom. The summed E-state index contributed by atoms with van der Waals surface area (Å²) in [6.07, 6.45) is 0. The van der Waals surface area contributed by atoms with Crippen LogP contribution in [0.25, 0.3) is 0 Å². The summed E-state index contributed by atoms with van der Waals surface area (Å²) >= 11 is 3.31. The van der Waals surface area contributed by atoms with Crippen molar-refractivity contribution in [2.24, 2.45) is 0 Å². The van der Waals surface area contributed by atoms with Gasteiger partial charge in [-0.1, -0.05) is 28.1 Å². The monoisotopic (exact) mass is 453 g/mol. The average molecular weight is 454 g/mol. The fourth-order valence-corrected chi connectivity index (χ4v) is 4.73. The molecule has 0 aliphatic carbocycles. The fraction of sp³-hybridized carbons (Fsp3) is 0.368. The minimum absolute atomic E-state index is 0.119. The SMILES string of the molecule is COc1ccc(Br)cc1S(=O)(=O)NCc1ccc(N2CCN(C)CC2)cc1. The lowest BCUT2D eigenvalue weighted by atomic mass is 10.2. The first kappa shape index (κ1) is 20.1. The Balaban J connectivity index is 1.67. The number of piperazine rings is 1. The number of halogens is 1. The number of rotatable bonds is 6. The van der Waals surface area contributed by atoms with E-state index in [2.05, 4.69) is 49.6 Å². The molecule has 0 bridgehead atoms. The van der Waals surface area contributed by atoms with Gasteiger partial charge in [0.25, 0.3) is 0 Å². The zero-order valence-corrected chi connectivity index (χ0v) is 17.9. The molecule has 1 aliphatic rings. The number of anilines is 1. The maximum atomic E-state index is 12.7. The molecule has 1 fully saturated rings. The number of hydrogen-bond donors (Lipinski definition) is 1. The van der Waals surface area contributed by atoms with Crippen molar-refractivity contribution in [3.63, 3.8) is 0 Å². The fourth-order valence-electron chi connectivity index (χ4n) is 3.01. The van der Waals surface area contributed by atoms with Crippen LogP contribution in [0.5, 0.6) is 5.75 Å². The molecule has 1 saturated heterocycles. The van der Waals surface area contributed by atoms with Crippen LogP contribution in [0, 0.1) is 0 Å². The quantitative estimate of drug-likeness (QED) is 0.728. The van der Waals surface area contributed by atoms with Gasteiger partial charge in [0, 0.05) is 42.9 Å². The summed E-state index contributed by atoms with van der Waals surface area (Å²) in [6.45, 7) is 4.34. The van der Waals surface area contributed by atoms with E-state index >= 15 is 0 Å². The molecule has 8 heteroatoms. The summed E-state index contributed by atoms with van der Waals surface area (Å²) in [7, 11) is -0.0920. The number of benzene rings is 2. The first-order valence-electron chi connectivity index (χ1n) is 8.75. The second-order valence-electron chi connectivity index (χ2n) is 6.58. The maximum absolute atomic E-state index is 12.7. The minimum Gasteiger partial charge on any atom is -0.495 e. The second-order valence-corrected chi connectivity index (χ2v) is 9.23. The third-order valence-corrected chi connectivity index (χ3v) is 6.60. The van der Waals surface area contributed by atoms with Crippen LogP contribution in [0.4, 0.5) is 5.69 Å². The highest BCUT2D eigenvalue weighted by Gasteiger charge is 2.20. The number of nitrogens with one attached hydrogen (secondary N) is 1. The van der Waals surface area contributed by atoms with Gasteiger partial charge in [-0.3, -0.25) is 0 Å². The van der Waals surface area contributed by atoms with Crippen LogP contribution in [0.2, 0.25) is 0 Å². The van der Waals surface area contributed by atoms with Crippen LogP contribution < -0.4 is 14.4 Å². The van der Waals surface area contributed by atoms with Crippen LogP contribution >= 0.6 is 15.9 Å². The molecule has 1 heterocycles. The first-order chi connectivity index (χ1) is 12.9. The zero-order valence-electron chi connectivity index (χ0n) is 15.5. The van der Waals surface area contributed by atoms with Gasteiger partial charge in [0.1, 0.15) is 10.6 Å². The Morgan fingerprint density at radius 2 is 1.74 bits per heavy atom. The topological polar surface area (TPSA) is 61.9 Å². The molecule has 1 aliphatic heterocycles.